The topological polar surface area (TPSA) is 41.1 Å². The number of carbonyl (C=O) groups is 1. The number of amides is 1. The first-order chi connectivity index (χ1) is 8.97. The zero-order valence-electron chi connectivity index (χ0n) is 10.5. The number of hydrogen-bond acceptors (Lipinski definition) is 2. The van der Waals surface area contributed by atoms with E-state index in [1.54, 1.807) is 0 Å². The quantitative estimate of drug-likeness (QED) is 0.812. The van der Waals surface area contributed by atoms with Crippen LogP contribution in [0.5, 0.6) is 0 Å². The van der Waals surface area contributed by atoms with Crippen LogP contribution in [0.4, 0.5) is 18.9 Å². The van der Waals surface area contributed by atoms with Gasteiger partial charge in [-0.2, -0.15) is 0 Å². The summed E-state index contributed by atoms with van der Waals surface area (Å²) in [5.41, 5.74) is -0.457. The van der Waals surface area contributed by atoms with E-state index in [1.807, 2.05) is 6.92 Å². The van der Waals surface area contributed by atoms with Crippen LogP contribution in [0.15, 0.2) is 12.1 Å². The molecule has 2 unspecified atom stereocenters. The highest BCUT2D eigenvalue weighted by atomic mass is 19.2. The predicted molar refractivity (Wildman–Crippen MR) is 65.1 cm³/mol. The summed E-state index contributed by atoms with van der Waals surface area (Å²) in [6.07, 6.45) is 1.50. The Morgan fingerprint density at radius 1 is 1.32 bits per heavy atom. The Labute approximate surface area is 109 Å². The summed E-state index contributed by atoms with van der Waals surface area (Å²) in [5.74, 6) is -4.23. The summed E-state index contributed by atoms with van der Waals surface area (Å²) in [6.45, 7) is 2.49. The Hall–Kier alpha value is -1.56. The van der Waals surface area contributed by atoms with Crippen molar-refractivity contribution in [3.05, 3.63) is 29.6 Å². The van der Waals surface area contributed by atoms with E-state index < -0.39 is 29.0 Å². The van der Waals surface area contributed by atoms with Gasteiger partial charge in [-0.25, -0.2) is 13.2 Å². The molecule has 19 heavy (non-hydrogen) atoms. The highest BCUT2D eigenvalue weighted by molar-refractivity contribution is 5.92. The van der Waals surface area contributed by atoms with Crippen molar-refractivity contribution in [3.8, 4) is 0 Å². The van der Waals surface area contributed by atoms with Crippen LogP contribution in [0.25, 0.3) is 0 Å². The highest BCUT2D eigenvalue weighted by Crippen LogP contribution is 2.21. The van der Waals surface area contributed by atoms with Crippen molar-refractivity contribution in [1.82, 2.24) is 5.32 Å². The molecule has 1 aliphatic rings. The van der Waals surface area contributed by atoms with Gasteiger partial charge in [0.25, 0.3) is 0 Å². The number of carbonyl (C=O) groups excluding carboxylic acids is 1. The molecule has 1 aliphatic heterocycles. The lowest BCUT2D eigenvalue weighted by molar-refractivity contribution is -0.120. The van der Waals surface area contributed by atoms with Gasteiger partial charge in [0.15, 0.2) is 11.6 Å². The van der Waals surface area contributed by atoms with Crippen LogP contribution in [-0.2, 0) is 4.79 Å². The Bertz CT molecular complexity index is 485. The molecular formula is C13H15F3N2O. The molecule has 0 saturated carbocycles. The summed E-state index contributed by atoms with van der Waals surface area (Å²) >= 11 is 0. The highest BCUT2D eigenvalue weighted by Gasteiger charge is 2.25. The van der Waals surface area contributed by atoms with Gasteiger partial charge in [0.1, 0.15) is 5.82 Å². The van der Waals surface area contributed by atoms with E-state index in [1.165, 1.54) is 0 Å². The number of halogens is 3. The van der Waals surface area contributed by atoms with Crippen LogP contribution in [0, 0.1) is 23.4 Å². The first-order valence-corrected chi connectivity index (χ1v) is 6.16. The molecule has 1 aromatic carbocycles. The fraction of sp³-hybridized carbons (Fsp3) is 0.462. The Balaban J connectivity index is 2.07. The molecule has 6 heteroatoms. The van der Waals surface area contributed by atoms with Crippen molar-refractivity contribution >= 4 is 11.6 Å². The second-order valence-electron chi connectivity index (χ2n) is 4.82. The maximum absolute atomic E-state index is 13.4. The third kappa shape index (κ3) is 3.26. The van der Waals surface area contributed by atoms with Gasteiger partial charge in [-0.3, -0.25) is 4.79 Å². The van der Waals surface area contributed by atoms with Crippen molar-refractivity contribution in [3.63, 3.8) is 0 Å². The molecule has 1 amide bonds. The van der Waals surface area contributed by atoms with Crippen molar-refractivity contribution in [2.45, 2.75) is 25.8 Å². The first-order valence-electron chi connectivity index (χ1n) is 6.16. The van der Waals surface area contributed by atoms with E-state index in [0.29, 0.717) is 25.1 Å². The fourth-order valence-electron chi connectivity index (χ4n) is 2.10. The zero-order valence-corrected chi connectivity index (χ0v) is 10.5. The second kappa shape index (κ2) is 5.61. The van der Waals surface area contributed by atoms with Crippen molar-refractivity contribution in [2.24, 2.45) is 5.92 Å². The molecule has 2 N–H and O–H groups in total. The minimum Gasteiger partial charge on any atom is -0.323 e. The minimum atomic E-state index is -1.31. The van der Waals surface area contributed by atoms with Gasteiger partial charge in [-0.1, -0.05) is 0 Å². The van der Waals surface area contributed by atoms with E-state index >= 15 is 0 Å². The third-order valence-corrected chi connectivity index (χ3v) is 3.28. The predicted octanol–water partition coefficient (Wildman–Crippen LogP) is 2.43. The zero-order chi connectivity index (χ0) is 14.0. The van der Waals surface area contributed by atoms with Gasteiger partial charge in [0.05, 0.1) is 11.6 Å². The van der Waals surface area contributed by atoms with Crippen LogP contribution in [0.3, 0.4) is 0 Å². The van der Waals surface area contributed by atoms with E-state index in [2.05, 4.69) is 10.6 Å². The molecule has 1 aromatic rings. The van der Waals surface area contributed by atoms with E-state index in [4.69, 9.17) is 0 Å². The fourth-order valence-corrected chi connectivity index (χ4v) is 2.10. The normalized spacial score (nSPS) is 23.2. The minimum absolute atomic E-state index is 0.318. The van der Waals surface area contributed by atoms with Gasteiger partial charge in [-0.05, 0) is 19.8 Å². The summed E-state index contributed by atoms with van der Waals surface area (Å²) in [5, 5.41) is 5.38. The molecule has 1 saturated heterocycles. The number of piperidine rings is 1. The van der Waals surface area contributed by atoms with Crippen LogP contribution in [-0.4, -0.2) is 18.5 Å². The Kier molecular flexibility index (Phi) is 4.09. The monoisotopic (exact) mass is 272 g/mol. The van der Waals surface area contributed by atoms with Crippen LogP contribution < -0.4 is 10.6 Å². The molecule has 1 heterocycles. The van der Waals surface area contributed by atoms with Crippen molar-refractivity contribution in [1.29, 1.82) is 0 Å². The van der Waals surface area contributed by atoms with Crippen LogP contribution >= 0.6 is 0 Å². The van der Waals surface area contributed by atoms with E-state index in [0.717, 1.165) is 12.5 Å². The molecule has 0 aromatic heterocycles. The number of hydrogen-bond donors (Lipinski definition) is 2. The maximum atomic E-state index is 13.4. The van der Waals surface area contributed by atoms with E-state index in [-0.39, 0.29) is 5.92 Å². The SMILES string of the molecule is CC1CCC(C(=O)Nc2cc(F)cc(F)c2F)CN1. The van der Waals surface area contributed by atoms with Crippen LogP contribution in [0.2, 0.25) is 0 Å². The summed E-state index contributed by atoms with van der Waals surface area (Å²) in [7, 11) is 0. The Morgan fingerprint density at radius 2 is 2.05 bits per heavy atom. The largest absolute Gasteiger partial charge is 0.323 e. The molecule has 104 valence electrons. The van der Waals surface area contributed by atoms with E-state index in [9.17, 15) is 18.0 Å². The first kappa shape index (κ1) is 13.9. The molecule has 0 bridgehead atoms. The lowest BCUT2D eigenvalue weighted by Gasteiger charge is -2.26. The average molecular weight is 272 g/mol. The number of nitrogens with one attached hydrogen (secondary N) is 2. The van der Waals surface area contributed by atoms with Gasteiger partial charge < -0.3 is 10.6 Å². The summed E-state index contributed by atoms with van der Waals surface area (Å²) in [6, 6.07) is 1.55. The van der Waals surface area contributed by atoms with Gasteiger partial charge in [0, 0.05) is 24.7 Å². The summed E-state index contributed by atoms with van der Waals surface area (Å²) < 4.78 is 39.4. The molecule has 1 fully saturated rings. The Morgan fingerprint density at radius 3 is 2.68 bits per heavy atom. The smallest absolute Gasteiger partial charge is 0.228 e. The second-order valence-corrected chi connectivity index (χ2v) is 4.82. The molecular weight excluding hydrogens is 257 g/mol. The standard InChI is InChI=1S/C13H15F3N2O/c1-7-2-3-8(6-17-7)13(19)18-11-5-9(14)4-10(15)12(11)16/h4-5,7-8,17H,2-3,6H2,1H3,(H,18,19). The molecule has 2 atom stereocenters. The van der Waals surface area contributed by atoms with Crippen LogP contribution in [0.1, 0.15) is 19.8 Å². The lowest BCUT2D eigenvalue weighted by atomic mass is 9.95. The molecule has 0 spiro atoms. The van der Waals surface area contributed by atoms with Gasteiger partial charge >= 0.3 is 0 Å². The van der Waals surface area contributed by atoms with Gasteiger partial charge in [-0.15, -0.1) is 0 Å². The van der Waals surface area contributed by atoms with Crippen molar-refractivity contribution < 1.29 is 18.0 Å². The molecule has 0 aliphatic carbocycles. The van der Waals surface area contributed by atoms with Crippen molar-refractivity contribution in [2.75, 3.05) is 11.9 Å². The average Bonchev–Trinajstić information content (AvgIpc) is 2.36. The summed E-state index contributed by atoms with van der Waals surface area (Å²) in [4.78, 5) is 11.9. The number of benzene rings is 1. The molecule has 3 nitrogen and oxygen atoms in total. The third-order valence-electron chi connectivity index (χ3n) is 3.28. The number of rotatable bonds is 2. The molecule has 2 rings (SSSR count). The lowest BCUT2D eigenvalue weighted by Crippen LogP contribution is -2.41. The maximum Gasteiger partial charge on any atom is 0.228 e. The number of anilines is 1. The molecule has 0 radical (unpaired) electrons. The van der Waals surface area contributed by atoms with Gasteiger partial charge in [0.2, 0.25) is 5.91 Å².